The maximum absolute atomic E-state index is 9.48. The molecule has 0 aliphatic carbocycles. The molecular formula is C8H9BNO2. The lowest BCUT2D eigenvalue weighted by atomic mass is 9.86. The number of hydrogen-bond acceptors (Lipinski definition) is 3. The van der Waals surface area contributed by atoms with Crippen LogP contribution < -0.4 is 11.2 Å². The van der Waals surface area contributed by atoms with Crippen LogP contribution in [0, 0.1) is 0 Å². The van der Waals surface area contributed by atoms with Gasteiger partial charge in [0.05, 0.1) is 6.10 Å². The predicted octanol–water partition coefficient (Wildman–Crippen LogP) is -0.333. The van der Waals surface area contributed by atoms with E-state index < -0.39 is 0 Å². The molecule has 2 rings (SSSR count). The number of nitrogens with two attached hydrogens (primary N) is 1. The van der Waals surface area contributed by atoms with Gasteiger partial charge in [0.2, 0.25) is 0 Å². The van der Waals surface area contributed by atoms with Crippen molar-refractivity contribution in [1.82, 2.24) is 0 Å². The second-order valence-electron chi connectivity index (χ2n) is 2.76. The van der Waals surface area contributed by atoms with Crippen LogP contribution in [0.4, 0.5) is 0 Å². The van der Waals surface area contributed by atoms with Crippen LogP contribution in [0.25, 0.3) is 0 Å². The quantitative estimate of drug-likeness (QED) is 0.555. The topological polar surface area (TPSA) is 55.5 Å². The Balaban J connectivity index is 2.48. The number of benzene rings is 1. The van der Waals surface area contributed by atoms with E-state index in [1.165, 1.54) is 0 Å². The normalized spacial score (nSPS) is 20.2. The molecule has 0 aromatic heterocycles. The van der Waals surface area contributed by atoms with Gasteiger partial charge in [-0.05, 0) is 11.5 Å². The zero-order chi connectivity index (χ0) is 8.55. The second-order valence-corrected chi connectivity index (χ2v) is 2.76. The van der Waals surface area contributed by atoms with Crippen LogP contribution in [-0.2, 0) is 4.65 Å². The Bertz CT molecular complexity index is 303. The van der Waals surface area contributed by atoms with Crippen molar-refractivity contribution in [3.05, 3.63) is 23.8 Å². The van der Waals surface area contributed by atoms with E-state index in [-0.39, 0.29) is 11.9 Å². The first-order valence-electron chi connectivity index (χ1n) is 3.83. The third-order valence-corrected chi connectivity index (χ3v) is 2.01. The average molecular weight is 162 g/mol. The van der Waals surface area contributed by atoms with Crippen LogP contribution in [0.3, 0.4) is 0 Å². The standard InChI is InChI=1S/C8H9BNO2/c10-4-7-8-5(9-12-7)2-1-3-6(8)11/h1-3,7,11H,4,10H2/t7-/m1/s1. The van der Waals surface area contributed by atoms with E-state index in [1.54, 1.807) is 19.6 Å². The highest BCUT2D eigenvalue weighted by molar-refractivity contribution is 6.49. The van der Waals surface area contributed by atoms with E-state index in [2.05, 4.69) is 0 Å². The number of fused-ring (bicyclic) bond motifs is 1. The monoisotopic (exact) mass is 162 g/mol. The third-order valence-electron chi connectivity index (χ3n) is 2.01. The minimum absolute atomic E-state index is 0.179. The van der Waals surface area contributed by atoms with Gasteiger partial charge < -0.3 is 15.5 Å². The highest BCUT2D eigenvalue weighted by Crippen LogP contribution is 2.27. The molecule has 1 aliphatic rings. The zero-order valence-electron chi connectivity index (χ0n) is 6.53. The van der Waals surface area contributed by atoms with Gasteiger partial charge >= 0.3 is 7.48 Å². The summed E-state index contributed by atoms with van der Waals surface area (Å²) in [7, 11) is 1.63. The molecule has 1 atom stereocenters. The van der Waals surface area contributed by atoms with Crippen LogP contribution in [0.15, 0.2) is 18.2 Å². The van der Waals surface area contributed by atoms with Crippen molar-refractivity contribution in [3.8, 4) is 5.75 Å². The maximum Gasteiger partial charge on any atom is 0.331 e. The summed E-state index contributed by atoms with van der Waals surface area (Å²) in [6.07, 6.45) is -0.179. The number of rotatable bonds is 1. The minimum Gasteiger partial charge on any atom is -0.508 e. The Morgan fingerprint density at radius 1 is 1.58 bits per heavy atom. The van der Waals surface area contributed by atoms with Gasteiger partial charge in [-0.2, -0.15) is 0 Å². The summed E-state index contributed by atoms with van der Waals surface area (Å²) in [4.78, 5) is 0. The van der Waals surface area contributed by atoms with Gasteiger partial charge in [-0.25, -0.2) is 0 Å². The molecule has 3 N–H and O–H groups in total. The molecule has 4 heteroatoms. The van der Waals surface area contributed by atoms with Crippen molar-refractivity contribution < 1.29 is 9.76 Å². The van der Waals surface area contributed by atoms with Gasteiger partial charge in [-0.15, -0.1) is 0 Å². The van der Waals surface area contributed by atoms with Gasteiger partial charge in [0.1, 0.15) is 5.75 Å². The molecular weight excluding hydrogens is 153 g/mol. The van der Waals surface area contributed by atoms with Gasteiger partial charge in [0.25, 0.3) is 0 Å². The molecule has 0 bridgehead atoms. The summed E-state index contributed by atoms with van der Waals surface area (Å²) >= 11 is 0. The number of hydrogen-bond donors (Lipinski definition) is 2. The molecule has 0 amide bonds. The fourth-order valence-corrected chi connectivity index (χ4v) is 1.42. The molecule has 1 heterocycles. The van der Waals surface area contributed by atoms with Crippen molar-refractivity contribution in [2.75, 3.05) is 6.54 Å². The fraction of sp³-hybridized carbons (Fsp3) is 0.250. The zero-order valence-corrected chi connectivity index (χ0v) is 6.53. The van der Waals surface area contributed by atoms with Crippen LogP contribution >= 0.6 is 0 Å². The molecule has 0 fully saturated rings. The predicted molar refractivity (Wildman–Crippen MR) is 46.4 cm³/mol. The summed E-state index contributed by atoms with van der Waals surface area (Å²) in [6.45, 7) is 0.390. The van der Waals surface area contributed by atoms with E-state index >= 15 is 0 Å². The number of phenolic OH excluding ortho intramolecular Hbond substituents is 1. The lowest BCUT2D eigenvalue weighted by Gasteiger charge is -2.09. The first-order valence-corrected chi connectivity index (χ1v) is 3.83. The molecule has 0 saturated heterocycles. The maximum atomic E-state index is 9.48. The van der Waals surface area contributed by atoms with E-state index in [0.717, 1.165) is 11.0 Å². The van der Waals surface area contributed by atoms with E-state index in [1.807, 2.05) is 6.07 Å². The molecule has 0 spiro atoms. The minimum atomic E-state index is -0.179. The lowest BCUT2D eigenvalue weighted by Crippen LogP contribution is -2.12. The Hall–Kier alpha value is -0.995. The molecule has 1 aliphatic heterocycles. The molecule has 1 aromatic carbocycles. The Kier molecular flexibility index (Phi) is 1.79. The number of phenols is 1. The van der Waals surface area contributed by atoms with E-state index in [4.69, 9.17) is 10.4 Å². The Labute approximate surface area is 71.4 Å². The summed E-state index contributed by atoms with van der Waals surface area (Å²) in [6, 6.07) is 5.32. The SMILES string of the molecule is NC[C@H]1O[B]c2cccc(O)c21. The van der Waals surface area contributed by atoms with Crippen molar-refractivity contribution in [2.24, 2.45) is 5.73 Å². The van der Waals surface area contributed by atoms with Gasteiger partial charge in [-0.3, -0.25) is 0 Å². The van der Waals surface area contributed by atoms with Crippen molar-refractivity contribution >= 4 is 12.9 Å². The van der Waals surface area contributed by atoms with Gasteiger partial charge in [-0.1, -0.05) is 12.1 Å². The van der Waals surface area contributed by atoms with Crippen molar-refractivity contribution in [3.63, 3.8) is 0 Å². The Morgan fingerprint density at radius 3 is 3.17 bits per heavy atom. The van der Waals surface area contributed by atoms with Crippen LogP contribution in [0.1, 0.15) is 11.7 Å². The van der Waals surface area contributed by atoms with Gasteiger partial charge in [0, 0.05) is 12.1 Å². The molecule has 1 radical (unpaired) electrons. The van der Waals surface area contributed by atoms with E-state index in [9.17, 15) is 5.11 Å². The summed E-state index contributed by atoms with van der Waals surface area (Å²) in [5.41, 5.74) is 7.19. The Morgan fingerprint density at radius 2 is 2.42 bits per heavy atom. The first-order chi connectivity index (χ1) is 5.83. The summed E-state index contributed by atoms with van der Waals surface area (Å²) in [5, 5.41) is 9.48. The number of aromatic hydroxyl groups is 1. The van der Waals surface area contributed by atoms with Crippen LogP contribution in [-0.4, -0.2) is 19.1 Å². The summed E-state index contributed by atoms with van der Waals surface area (Å²) in [5.74, 6) is 0.261. The smallest absolute Gasteiger partial charge is 0.331 e. The molecule has 61 valence electrons. The van der Waals surface area contributed by atoms with Gasteiger partial charge in [0.15, 0.2) is 0 Å². The molecule has 0 saturated carbocycles. The first kappa shape index (κ1) is 7.64. The lowest BCUT2D eigenvalue weighted by molar-refractivity contribution is 0.239. The van der Waals surface area contributed by atoms with Crippen LogP contribution in [0.5, 0.6) is 5.75 Å². The fourth-order valence-electron chi connectivity index (χ4n) is 1.42. The average Bonchev–Trinajstić information content (AvgIpc) is 2.49. The highest BCUT2D eigenvalue weighted by atomic mass is 16.4. The molecule has 12 heavy (non-hydrogen) atoms. The summed E-state index contributed by atoms with van der Waals surface area (Å²) < 4.78 is 5.24. The van der Waals surface area contributed by atoms with Crippen molar-refractivity contribution in [1.29, 1.82) is 0 Å². The third kappa shape index (κ3) is 1.00. The van der Waals surface area contributed by atoms with E-state index in [0.29, 0.717) is 6.54 Å². The second kappa shape index (κ2) is 2.81. The van der Waals surface area contributed by atoms with Crippen molar-refractivity contribution in [2.45, 2.75) is 6.10 Å². The highest BCUT2D eigenvalue weighted by Gasteiger charge is 2.25. The molecule has 0 unspecified atom stereocenters. The largest absolute Gasteiger partial charge is 0.508 e. The molecule has 1 aromatic rings. The molecule has 3 nitrogen and oxygen atoms in total. The van der Waals surface area contributed by atoms with Crippen LogP contribution in [0.2, 0.25) is 0 Å².